The second kappa shape index (κ2) is 8.17. The van der Waals surface area contributed by atoms with Crippen molar-refractivity contribution >= 4 is 6.03 Å². The third-order valence-corrected chi connectivity index (χ3v) is 4.23. The highest BCUT2D eigenvalue weighted by atomic mass is 16.5. The highest BCUT2D eigenvalue weighted by Crippen LogP contribution is 2.22. The van der Waals surface area contributed by atoms with Gasteiger partial charge in [0.15, 0.2) is 0 Å². The van der Waals surface area contributed by atoms with Crippen LogP contribution >= 0.6 is 0 Å². The van der Waals surface area contributed by atoms with E-state index in [-0.39, 0.29) is 12.1 Å². The van der Waals surface area contributed by atoms with Gasteiger partial charge in [0.1, 0.15) is 5.75 Å². The van der Waals surface area contributed by atoms with E-state index in [2.05, 4.69) is 10.2 Å². The minimum atomic E-state index is -0.405. The van der Waals surface area contributed by atoms with Gasteiger partial charge >= 0.3 is 6.03 Å². The molecule has 2 rings (SSSR count). The SMILES string of the molecule is COc1cccc(C(CNC(=O)N2CCCC(O)C2)N(C)C)c1. The van der Waals surface area contributed by atoms with Crippen LogP contribution in [-0.2, 0) is 0 Å². The molecule has 1 heterocycles. The first-order chi connectivity index (χ1) is 11.0. The first-order valence-electron chi connectivity index (χ1n) is 8.02. The monoisotopic (exact) mass is 321 g/mol. The summed E-state index contributed by atoms with van der Waals surface area (Å²) in [5.74, 6) is 0.805. The Balaban J connectivity index is 1.98. The van der Waals surface area contributed by atoms with Gasteiger partial charge in [-0.25, -0.2) is 4.79 Å². The van der Waals surface area contributed by atoms with E-state index in [1.54, 1.807) is 12.0 Å². The maximum absolute atomic E-state index is 12.3. The van der Waals surface area contributed by atoms with Crippen LogP contribution in [0.15, 0.2) is 24.3 Å². The van der Waals surface area contributed by atoms with Crippen molar-refractivity contribution in [3.05, 3.63) is 29.8 Å². The van der Waals surface area contributed by atoms with Crippen LogP contribution in [0.3, 0.4) is 0 Å². The summed E-state index contributed by atoms with van der Waals surface area (Å²) in [6.45, 7) is 1.62. The number of hydrogen-bond acceptors (Lipinski definition) is 4. The van der Waals surface area contributed by atoms with Crippen molar-refractivity contribution in [2.75, 3.05) is 40.8 Å². The number of likely N-dealkylation sites (tertiary alicyclic amines) is 1. The predicted molar refractivity (Wildman–Crippen MR) is 89.6 cm³/mol. The van der Waals surface area contributed by atoms with Crippen LogP contribution in [0.5, 0.6) is 5.75 Å². The van der Waals surface area contributed by atoms with E-state index in [0.717, 1.165) is 24.2 Å². The molecule has 128 valence electrons. The van der Waals surface area contributed by atoms with E-state index in [0.29, 0.717) is 19.6 Å². The molecule has 6 nitrogen and oxygen atoms in total. The van der Waals surface area contributed by atoms with Gasteiger partial charge in [-0.2, -0.15) is 0 Å². The van der Waals surface area contributed by atoms with Gasteiger partial charge in [-0.15, -0.1) is 0 Å². The van der Waals surface area contributed by atoms with Gasteiger partial charge in [-0.1, -0.05) is 12.1 Å². The zero-order valence-corrected chi connectivity index (χ0v) is 14.2. The first kappa shape index (κ1) is 17.6. The Morgan fingerprint density at radius 1 is 1.52 bits per heavy atom. The molecule has 2 atom stereocenters. The fourth-order valence-corrected chi connectivity index (χ4v) is 2.88. The smallest absolute Gasteiger partial charge is 0.317 e. The third-order valence-electron chi connectivity index (χ3n) is 4.23. The Bertz CT molecular complexity index is 522. The number of ether oxygens (including phenoxy) is 1. The van der Waals surface area contributed by atoms with Crippen LogP contribution in [0, 0.1) is 0 Å². The molecule has 1 aliphatic heterocycles. The Morgan fingerprint density at radius 3 is 2.96 bits per heavy atom. The zero-order valence-electron chi connectivity index (χ0n) is 14.2. The summed E-state index contributed by atoms with van der Waals surface area (Å²) in [5.41, 5.74) is 1.09. The molecule has 0 radical (unpaired) electrons. The molecule has 1 saturated heterocycles. The molecule has 1 aromatic carbocycles. The molecule has 0 aromatic heterocycles. The fourth-order valence-electron chi connectivity index (χ4n) is 2.88. The maximum Gasteiger partial charge on any atom is 0.317 e. The van der Waals surface area contributed by atoms with E-state index < -0.39 is 6.10 Å². The third kappa shape index (κ3) is 4.84. The van der Waals surface area contributed by atoms with Crippen LogP contribution < -0.4 is 10.1 Å². The van der Waals surface area contributed by atoms with Crippen molar-refractivity contribution in [1.82, 2.24) is 15.1 Å². The molecule has 1 fully saturated rings. The van der Waals surface area contributed by atoms with Crippen LogP contribution in [0.1, 0.15) is 24.4 Å². The molecule has 6 heteroatoms. The van der Waals surface area contributed by atoms with Gasteiger partial charge in [0, 0.05) is 19.6 Å². The molecule has 2 N–H and O–H groups in total. The number of carbonyl (C=O) groups excluding carboxylic acids is 1. The average molecular weight is 321 g/mol. The lowest BCUT2D eigenvalue weighted by Crippen LogP contribution is -2.48. The van der Waals surface area contributed by atoms with E-state index in [9.17, 15) is 9.90 Å². The molecular formula is C17H27N3O3. The number of nitrogens with one attached hydrogen (secondary N) is 1. The number of benzene rings is 1. The van der Waals surface area contributed by atoms with Gasteiger partial charge in [0.2, 0.25) is 0 Å². The molecule has 2 unspecified atom stereocenters. The predicted octanol–water partition coefficient (Wildman–Crippen LogP) is 1.46. The molecule has 2 amide bonds. The summed E-state index contributed by atoms with van der Waals surface area (Å²) in [6, 6.07) is 7.82. The van der Waals surface area contributed by atoms with Gasteiger partial charge in [-0.05, 0) is 44.6 Å². The van der Waals surface area contributed by atoms with E-state index in [1.165, 1.54) is 0 Å². The second-order valence-electron chi connectivity index (χ2n) is 6.18. The number of aliphatic hydroxyl groups is 1. The van der Waals surface area contributed by atoms with E-state index in [1.807, 2.05) is 38.4 Å². The topological polar surface area (TPSA) is 65.0 Å². The summed E-state index contributed by atoms with van der Waals surface area (Å²) in [5, 5.41) is 12.7. The molecular weight excluding hydrogens is 294 g/mol. The van der Waals surface area contributed by atoms with Gasteiger partial charge < -0.3 is 25.0 Å². The Kier molecular flexibility index (Phi) is 6.24. The molecule has 0 aliphatic carbocycles. The number of hydrogen-bond donors (Lipinski definition) is 2. The van der Waals surface area contributed by atoms with Crippen molar-refractivity contribution in [1.29, 1.82) is 0 Å². The number of amides is 2. The second-order valence-corrected chi connectivity index (χ2v) is 6.18. The average Bonchev–Trinajstić information content (AvgIpc) is 2.54. The number of likely N-dealkylation sites (N-methyl/N-ethyl adjacent to an activating group) is 1. The summed E-state index contributed by atoms with van der Waals surface area (Å²) < 4.78 is 5.28. The van der Waals surface area contributed by atoms with Crippen LogP contribution in [0.4, 0.5) is 4.79 Å². The van der Waals surface area contributed by atoms with Crippen molar-refractivity contribution in [3.63, 3.8) is 0 Å². The Hall–Kier alpha value is -1.79. The largest absolute Gasteiger partial charge is 0.497 e. The summed E-state index contributed by atoms with van der Waals surface area (Å²) in [7, 11) is 5.62. The minimum absolute atomic E-state index is 0.0590. The minimum Gasteiger partial charge on any atom is -0.497 e. The first-order valence-corrected chi connectivity index (χ1v) is 8.02. The van der Waals surface area contributed by atoms with Crippen LogP contribution in [0.25, 0.3) is 0 Å². The van der Waals surface area contributed by atoms with Gasteiger partial charge in [0.05, 0.1) is 19.3 Å². The van der Waals surface area contributed by atoms with Gasteiger partial charge in [-0.3, -0.25) is 0 Å². The fraction of sp³-hybridized carbons (Fsp3) is 0.588. The van der Waals surface area contributed by atoms with E-state index >= 15 is 0 Å². The lowest BCUT2D eigenvalue weighted by molar-refractivity contribution is 0.0836. The molecule has 0 spiro atoms. The number of methoxy groups -OCH3 is 1. The lowest BCUT2D eigenvalue weighted by Gasteiger charge is -2.31. The number of rotatable bonds is 5. The Labute approximate surface area is 138 Å². The highest BCUT2D eigenvalue weighted by Gasteiger charge is 2.23. The molecule has 0 bridgehead atoms. The number of urea groups is 1. The van der Waals surface area contributed by atoms with Crippen molar-refractivity contribution in [2.45, 2.75) is 25.0 Å². The number of nitrogens with zero attached hydrogens (tertiary/aromatic N) is 2. The number of carbonyl (C=O) groups is 1. The lowest BCUT2D eigenvalue weighted by atomic mass is 10.1. The van der Waals surface area contributed by atoms with Crippen LogP contribution in [-0.4, -0.2) is 67.9 Å². The Morgan fingerprint density at radius 2 is 2.30 bits per heavy atom. The standard InChI is InChI=1S/C17H27N3O3/c1-19(2)16(13-6-4-8-15(10-13)23-3)11-18-17(22)20-9-5-7-14(21)12-20/h4,6,8,10,14,16,21H,5,7,9,11-12H2,1-3H3,(H,18,22). The molecule has 1 aliphatic rings. The molecule has 0 saturated carbocycles. The molecule has 23 heavy (non-hydrogen) atoms. The number of aliphatic hydroxyl groups excluding tert-OH is 1. The molecule has 1 aromatic rings. The quantitative estimate of drug-likeness (QED) is 0.862. The van der Waals surface area contributed by atoms with E-state index in [4.69, 9.17) is 4.74 Å². The van der Waals surface area contributed by atoms with Crippen molar-refractivity contribution in [2.24, 2.45) is 0 Å². The van der Waals surface area contributed by atoms with Crippen LogP contribution in [0.2, 0.25) is 0 Å². The maximum atomic E-state index is 12.3. The summed E-state index contributed by atoms with van der Waals surface area (Å²) >= 11 is 0. The number of piperidine rings is 1. The summed E-state index contributed by atoms with van der Waals surface area (Å²) in [6.07, 6.45) is 1.22. The zero-order chi connectivity index (χ0) is 16.8. The normalized spacial score (nSPS) is 19.5. The van der Waals surface area contributed by atoms with Crippen molar-refractivity contribution < 1.29 is 14.6 Å². The highest BCUT2D eigenvalue weighted by molar-refractivity contribution is 5.74. The van der Waals surface area contributed by atoms with Gasteiger partial charge in [0.25, 0.3) is 0 Å². The summed E-state index contributed by atoms with van der Waals surface area (Å²) in [4.78, 5) is 16.0. The van der Waals surface area contributed by atoms with Crippen molar-refractivity contribution in [3.8, 4) is 5.75 Å². The number of β-amino-alcohol motifs (C(OH)–C–C–N with tert-alkyl or cyclic N) is 1.